The second kappa shape index (κ2) is 8.82. The van der Waals surface area contributed by atoms with E-state index in [1.807, 2.05) is 0 Å². The van der Waals surface area contributed by atoms with Crippen LogP contribution in [0.1, 0.15) is 0 Å². The summed E-state index contributed by atoms with van der Waals surface area (Å²) >= 11 is 1.20. The third-order valence-corrected chi connectivity index (χ3v) is 3.81. The number of ether oxygens (including phenoxy) is 3. The number of anilines is 1. The lowest BCUT2D eigenvalue weighted by Crippen LogP contribution is -2.24. The minimum absolute atomic E-state index is 0.0773. The molecule has 8 nitrogen and oxygen atoms in total. The van der Waals surface area contributed by atoms with Crippen LogP contribution in [-0.4, -0.2) is 43.4 Å². The molecule has 3 N–H and O–H groups in total. The average molecular weight is 352 g/mol. The van der Waals surface area contributed by atoms with Crippen LogP contribution in [0.3, 0.4) is 0 Å². The first-order valence-electron chi connectivity index (χ1n) is 6.98. The maximum absolute atomic E-state index is 11.9. The monoisotopic (exact) mass is 352 g/mol. The van der Waals surface area contributed by atoms with Gasteiger partial charge >= 0.3 is 5.97 Å². The molecule has 1 aromatic carbocycles. The Hall–Kier alpha value is -2.68. The van der Waals surface area contributed by atoms with Gasteiger partial charge in [0.05, 0.1) is 11.4 Å². The van der Waals surface area contributed by atoms with E-state index in [1.165, 1.54) is 11.8 Å². The first kappa shape index (κ1) is 17.7. The third-order valence-electron chi connectivity index (χ3n) is 2.72. The minimum atomic E-state index is -0.777. The highest BCUT2D eigenvalue weighted by atomic mass is 32.2. The van der Waals surface area contributed by atoms with Crippen LogP contribution in [0.25, 0.3) is 0 Å². The Balaban J connectivity index is 1.87. The van der Waals surface area contributed by atoms with E-state index in [4.69, 9.17) is 19.9 Å². The average Bonchev–Trinajstić information content (AvgIpc) is 2.59. The van der Waals surface area contributed by atoms with Crippen LogP contribution in [-0.2, 0) is 28.6 Å². The zero-order valence-electron chi connectivity index (χ0n) is 12.7. The highest BCUT2D eigenvalue weighted by molar-refractivity contribution is 8.00. The van der Waals surface area contributed by atoms with E-state index in [0.29, 0.717) is 17.2 Å². The molecular formula is C15H16N2O6S. The number of para-hydroxylation sites is 1. The second-order valence-electron chi connectivity index (χ2n) is 4.58. The van der Waals surface area contributed by atoms with Gasteiger partial charge in [-0.2, -0.15) is 0 Å². The van der Waals surface area contributed by atoms with Crippen molar-refractivity contribution in [3.63, 3.8) is 0 Å². The highest BCUT2D eigenvalue weighted by Crippen LogP contribution is 2.26. The molecule has 24 heavy (non-hydrogen) atoms. The minimum Gasteiger partial charge on any atom is -0.493 e. The highest BCUT2D eigenvalue weighted by Gasteiger charge is 2.18. The molecule has 2 amide bonds. The summed E-state index contributed by atoms with van der Waals surface area (Å²) in [4.78, 5) is 35.1. The molecule has 0 aliphatic carbocycles. The lowest BCUT2D eigenvalue weighted by Gasteiger charge is -2.14. The van der Waals surface area contributed by atoms with Gasteiger partial charge in [0.2, 0.25) is 11.7 Å². The van der Waals surface area contributed by atoms with Crippen molar-refractivity contribution in [2.45, 2.75) is 4.90 Å². The smallest absolute Gasteiger partial charge is 0.377 e. The van der Waals surface area contributed by atoms with Crippen molar-refractivity contribution in [1.29, 1.82) is 0 Å². The van der Waals surface area contributed by atoms with Gasteiger partial charge in [-0.05, 0) is 12.1 Å². The number of benzene rings is 1. The molecule has 1 aliphatic heterocycles. The van der Waals surface area contributed by atoms with Crippen molar-refractivity contribution in [2.75, 3.05) is 30.9 Å². The van der Waals surface area contributed by atoms with Gasteiger partial charge in [0.15, 0.2) is 6.61 Å². The van der Waals surface area contributed by atoms with Crippen molar-refractivity contribution in [3.8, 4) is 0 Å². The van der Waals surface area contributed by atoms with Gasteiger partial charge in [0, 0.05) is 4.90 Å². The Morgan fingerprint density at radius 3 is 2.75 bits per heavy atom. The topological polar surface area (TPSA) is 117 Å². The number of rotatable bonds is 7. The quantitative estimate of drug-likeness (QED) is 0.546. The number of amides is 2. The van der Waals surface area contributed by atoms with E-state index in [0.717, 1.165) is 6.26 Å². The van der Waals surface area contributed by atoms with Gasteiger partial charge in [-0.25, -0.2) is 4.79 Å². The van der Waals surface area contributed by atoms with E-state index in [2.05, 4.69) is 5.32 Å². The first-order chi connectivity index (χ1) is 11.6. The van der Waals surface area contributed by atoms with Crippen LogP contribution >= 0.6 is 11.8 Å². The van der Waals surface area contributed by atoms with E-state index in [-0.39, 0.29) is 18.1 Å². The van der Waals surface area contributed by atoms with E-state index in [9.17, 15) is 14.4 Å². The molecule has 0 saturated carbocycles. The van der Waals surface area contributed by atoms with Crippen LogP contribution in [0.2, 0.25) is 0 Å². The molecule has 1 aromatic rings. The summed E-state index contributed by atoms with van der Waals surface area (Å²) in [6, 6.07) is 6.91. The Morgan fingerprint density at radius 2 is 2.04 bits per heavy atom. The number of primary amides is 1. The summed E-state index contributed by atoms with van der Waals surface area (Å²) in [6.07, 6.45) is 1.15. The Bertz CT molecular complexity index is 661. The van der Waals surface area contributed by atoms with Crippen molar-refractivity contribution < 1.29 is 28.6 Å². The first-order valence-corrected chi connectivity index (χ1v) is 7.96. The predicted octanol–water partition coefficient (Wildman–Crippen LogP) is 0.634. The molecule has 1 aliphatic rings. The van der Waals surface area contributed by atoms with E-state index in [1.54, 1.807) is 24.3 Å². The molecule has 0 radical (unpaired) electrons. The Kier molecular flexibility index (Phi) is 6.50. The fourth-order valence-corrected chi connectivity index (χ4v) is 2.46. The lowest BCUT2D eigenvalue weighted by atomic mass is 10.3. The van der Waals surface area contributed by atoms with Crippen LogP contribution in [0.5, 0.6) is 0 Å². The molecule has 0 bridgehead atoms. The number of hydrogen-bond donors (Lipinski definition) is 2. The number of nitrogens with one attached hydrogen (secondary N) is 1. The maximum atomic E-state index is 11.9. The number of carbonyl (C=O) groups is 3. The molecule has 0 saturated heterocycles. The van der Waals surface area contributed by atoms with Crippen LogP contribution < -0.4 is 11.1 Å². The summed E-state index contributed by atoms with van der Waals surface area (Å²) in [5, 5.41) is 2.61. The molecule has 0 atom stereocenters. The molecule has 128 valence electrons. The largest absolute Gasteiger partial charge is 0.493 e. The molecule has 1 heterocycles. The standard InChI is InChI=1S/C15H16N2O6S/c16-13(18)9-24-12-4-2-1-3-10(12)17-14(19)8-23-15(20)11-7-21-5-6-22-11/h1-4,7H,5-6,8-9H2,(H2,16,18)(H,17,19). The number of carbonyl (C=O) groups excluding carboxylic acids is 3. The lowest BCUT2D eigenvalue weighted by molar-refractivity contribution is -0.148. The number of thioether (sulfide) groups is 1. The summed E-state index contributed by atoms with van der Waals surface area (Å²) < 4.78 is 14.8. The second-order valence-corrected chi connectivity index (χ2v) is 5.59. The Labute approximate surface area is 142 Å². The van der Waals surface area contributed by atoms with Crippen molar-refractivity contribution in [1.82, 2.24) is 0 Å². The molecule has 0 fully saturated rings. The fourth-order valence-electron chi connectivity index (χ4n) is 1.71. The molecule has 0 unspecified atom stereocenters. The fraction of sp³-hybridized carbons (Fsp3) is 0.267. The third kappa shape index (κ3) is 5.51. The summed E-state index contributed by atoms with van der Waals surface area (Å²) in [5.74, 6) is -1.74. The number of nitrogens with two attached hydrogens (primary N) is 1. The van der Waals surface area contributed by atoms with Gasteiger partial charge in [-0.3, -0.25) is 9.59 Å². The van der Waals surface area contributed by atoms with Crippen molar-refractivity contribution >= 4 is 35.2 Å². The number of esters is 1. The molecule has 2 rings (SSSR count). The molecule has 0 aromatic heterocycles. The number of hydrogen-bond acceptors (Lipinski definition) is 7. The van der Waals surface area contributed by atoms with Crippen LogP contribution in [0.4, 0.5) is 5.69 Å². The SMILES string of the molecule is NC(=O)CSc1ccccc1NC(=O)COC(=O)C1=COCCO1. The van der Waals surface area contributed by atoms with Crippen molar-refractivity contribution in [2.24, 2.45) is 5.73 Å². The van der Waals surface area contributed by atoms with E-state index < -0.39 is 24.4 Å². The van der Waals surface area contributed by atoms with Gasteiger partial charge in [0.1, 0.15) is 19.5 Å². The molecule has 0 spiro atoms. The van der Waals surface area contributed by atoms with Gasteiger partial charge in [0.25, 0.3) is 5.91 Å². The van der Waals surface area contributed by atoms with Gasteiger partial charge < -0.3 is 25.3 Å². The maximum Gasteiger partial charge on any atom is 0.377 e. The van der Waals surface area contributed by atoms with Crippen LogP contribution in [0, 0.1) is 0 Å². The van der Waals surface area contributed by atoms with Gasteiger partial charge in [-0.15, -0.1) is 11.8 Å². The zero-order chi connectivity index (χ0) is 17.4. The summed E-state index contributed by atoms with van der Waals surface area (Å²) in [6.45, 7) is 0.128. The molecule has 9 heteroatoms. The van der Waals surface area contributed by atoms with E-state index >= 15 is 0 Å². The normalized spacial score (nSPS) is 13.1. The van der Waals surface area contributed by atoms with Crippen LogP contribution in [0.15, 0.2) is 41.2 Å². The summed E-state index contributed by atoms with van der Waals surface area (Å²) in [5.41, 5.74) is 5.61. The van der Waals surface area contributed by atoms with Gasteiger partial charge in [-0.1, -0.05) is 12.1 Å². The zero-order valence-corrected chi connectivity index (χ0v) is 13.5. The van der Waals surface area contributed by atoms with Crippen molar-refractivity contribution in [3.05, 3.63) is 36.3 Å². The molecular weight excluding hydrogens is 336 g/mol. The Morgan fingerprint density at radius 1 is 1.25 bits per heavy atom. The predicted molar refractivity (Wildman–Crippen MR) is 85.9 cm³/mol. The summed E-state index contributed by atoms with van der Waals surface area (Å²) in [7, 11) is 0.